The lowest BCUT2D eigenvalue weighted by atomic mass is 9.71. The molecule has 0 aromatic rings. The van der Waals surface area contributed by atoms with Crippen LogP contribution in [0.15, 0.2) is 23.3 Å². The molecule has 0 amide bonds. The van der Waals surface area contributed by atoms with Crippen LogP contribution in [-0.2, 0) is 4.79 Å². The first kappa shape index (κ1) is 12.6. The molecular formula is C16H24O. The Hall–Kier alpha value is -0.850. The summed E-state index contributed by atoms with van der Waals surface area (Å²) in [6.07, 6.45) is 9.50. The Bertz CT molecular complexity index is 360. The summed E-state index contributed by atoms with van der Waals surface area (Å²) in [5, 5.41) is 0. The highest BCUT2D eigenvalue weighted by Crippen LogP contribution is 2.40. The quantitative estimate of drug-likeness (QED) is 0.659. The van der Waals surface area contributed by atoms with E-state index in [0.29, 0.717) is 12.2 Å². The van der Waals surface area contributed by atoms with Crippen LogP contribution in [0.1, 0.15) is 52.9 Å². The van der Waals surface area contributed by atoms with Gasteiger partial charge in [0.2, 0.25) is 0 Å². The topological polar surface area (TPSA) is 17.1 Å². The van der Waals surface area contributed by atoms with Crippen molar-refractivity contribution < 1.29 is 4.79 Å². The van der Waals surface area contributed by atoms with E-state index in [1.54, 1.807) is 11.6 Å². The van der Waals surface area contributed by atoms with Gasteiger partial charge in [0.15, 0.2) is 5.78 Å². The van der Waals surface area contributed by atoms with Crippen LogP contribution in [0.2, 0.25) is 0 Å². The Balaban J connectivity index is 2.28. The Morgan fingerprint density at radius 1 is 1.18 bits per heavy atom. The maximum atomic E-state index is 11.3. The second kappa shape index (κ2) is 5.20. The molecule has 0 bridgehead atoms. The van der Waals surface area contributed by atoms with Crippen molar-refractivity contribution in [2.24, 2.45) is 17.8 Å². The highest BCUT2D eigenvalue weighted by atomic mass is 16.1. The number of rotatable bonds is 1. The average molecular weight is 232 g/mol. The van der Waals surface area contributed by atoms with Crippen molar-refractivity contribution in [3.8, 4) is 0 Å². The first-order valence-electron chi connectivity index (χ1n) is 7.00. The molecule has 1 saturated carbocycles. The zero-order chi connectivity index (χ0) is 12.4. The van der Waals surface area contributed by atoms with Gasteiger partial charge in [-0.3, -0.25) is 4.79 Å². The standard InChI is InChI=1S/C16H24O/c1-11(2)15-9-4-12(3)10-16(15)13-5-7-14(17)8-6-13/h5,7,11-12,15H,4,6,8-10H2,1-3H3. The van der Waals surface area contributed by atoms with Gasteiger partial charge in [-0.05, 0) is 55.1 Å². The average Bonchev–Trinajstić information content (AvgIpc) is 2.29. The zero-order valence-corrected chi connectivity index (χ0v) is 11.3. The van der Waals surface area contributed by atoms with Gasteiger partial charge in [0.25, 0.3) is 0 Å². The van der Waals surface area contributed by atoms with E-state index in [-0.39, 0.29) is 0 Å². The van der Waals surface area contributed by atoms with Gasteiger partial charge in [-0.2, -0.15) is 0 Å². The Kier molecular flexibility index (Phi) is 3.86. The van der Waals surface area contributed by atoms with Crippen molar-refractivity contribution in [2.45, 2.75) is 52.9 Å². The SMILES string of the molecule is CC1CCC(C(C)C)C(=C2C=CC(=O)CC2)C1. The predicted octanol–water partition coefficient (Wildman–Crippen LogP) is 4.29. The largest absolute Gasteiger partial charge is 0.295 e. The lowest BCUT2D eigenvalue weighted by molar-refractivity contribution is -0.114. The minimum atomic E-state index is 0.291. The molecule has 0 radical (unpaired) electrons. The van der Waals surface area contributed by atoms with Gasteiger partial charge < -0.3 is 0 Å². The van der Waals surface area contributed by atoms with Crippen LogP contribution < -0.4 is 0 Å². The Morgan fingerprint density at radius 2 is 1.94 bits per heavy atom. The lowest BCUT2D eigenvalue weighted by Crippen LogP contribution is -2.22. The summed E-state index contributed by atoms with van der Waals surface area (Å²) in [4.78, 5) is 11.3. The molecule has 94 valence electrons. The maximum Gasteiger partial charge on any atom is 0.156 e. The molecular weight excluding hydrogens is 208 g/mol. The van der Waals surface area contributed by atoms with Crippen molar-refractivity contribution in [3.05, 3.63) is 23.3 Å². The Morgan fingerprint density at radius 3 is 2.53 bits per heavy atom. The number of hydrogen-bond donors (Lipinski definition) is 0. The minimum Gasteiger partial charge on any atom is -0.295 e. The van der Waals surface area contributed by atoms with Crippen LogP contribution in [0.4, 0.5) is 0 Å². The molecule has 2 atom stereocenters. The molecule has 2 rings (SSSR count). The van der Waals surface area contributed by atoms with Gasteiger partial charge >= 0.3 is 0 Å². The molecule has 0 aliphatic heterocycles. The molecule has 0 spiro atoms. The smallest absolute Gasteiger partial charge is 0.156 e. The van der Waals surface area contributed by atoms with Crippen LogP contribution in [0.3, 0.4) is 0 Å². The van der Waals surface area contributed by atoms with E-state index in [0.717, 1.165) is 24.2 Å². The summed E-state index contributed by atoms with van der Waals surface area (Å²) < 4.78 is 0. The summed E-state index contributed by atoms with van der Waals surface area (Å²) in [5.74, 6) is 2.59. The second-order valence-electron chi connectivity index (χ2n) is 6.09. The van der Waals surface area contributed by atoms with Gasteiger partial charge in [-0.15, -0.1) is 0 Å². The summed E-state index contributed by atoms with van der Waals surface area (Å²) in [6.45, 7) is 7.02. The van der Waals surface area contributed by atoms with Crippen molar-refractivity contribution in [2.75, 3.05) is 0 Å². The number of carbonyl (C=O) groups is 1. The molecule has 0 N–H and O–H groups in total. The first-order valence-corrected chi connectivity index (χ1v) is 7.00. The number of ketones is 1. The van der Waals surface area contributed by atoms with Crippen LogP contribution in [-0.4, -0.2) is 5.78 Å². The fourth-order valence-corrected chi connectivity index (χ4v) is 3.26. The van der Waals surface area contributed by atoms with E-state index in [1.165, 1.54) is 24.8 Å². The molecule has 2 aliphatic carbocycles. The van der Waals surface area contributed by atoms with Gasteiger partial charge in [-0.1, -0.05) is 32.4 Å². The third-order valence-corrected chi connectivity index (χ3v) is 4.31. The summed E-state index contributed by atoms with van der Waals surface area (Å²) in [6, 6.07) is 0. The second-order valence-corrected chi connectivity index (χ2v) is 6.09. The van der Waals surface area contributed by atoms with E-state index in [2.05, 4.69) is 26.8 Å². The van der Waals surface area contributed by atoms with Crippen molar-refractivity contribution in [3.63, 3.8) is 0 Å². The van der Waals surface area contributed by atoms with E-state index in [9.17, 15) is 4.79 Å². The van der Waals surface area contributed by atoms with Crippen LogP contribution in [0.25, 0.3) is 0 Å². The van der Waals surface area contributed by atoms with Gasteiger partial charge in [-0.25, -0.2) is 0 Å². The highest BCUT2D eigenvalue weighted by Gasteiger charge is 2.27. The van der Waals surface area contributed by atoms with Gasteiger partial charge in [0.1, 0.15) is 0 Å². The van der Waals surface area contributed by atoms with Crippen molar-refractivity contribution >= 4 is 5.78 Å². The molecule has 2 aliphatic rings. The third-order valence-electron chi connectivity index (χ3n) is 4.31. The van der Waals surface area contributed by atoms with E-state index in [1.807, 2.05) is 0 Å². The minimum absolute atomic E-state index is 0.291. The van der Waals surface area contributed by atoms with Crippen LogP contribution in [0.5, 0.6) is 0 Å². The molecule has 0 aromatic carbocycles. The van der Waals surface area contributed by atoms with Crippen LogP contribution in [0, 0.1) is 17.8 Å². The summed E-state index contributed by atoms with van der Waals surface area (Å²) in [7, 11) is 0. The molecule has 0 aromatic heterocycles. The van der Waals surface area contributed by atoms with Gasteiger partial charge in [0, 0.05) is 6.42 Å². The fraction of sp³-hybridized carbons (Fsp3) is 0.688. The molecule has 0 saturated heterocycles. The third kappa shape index (κ3) is 2.88. The summed E-state index contributed by atoms with van der Waals surface area (Å²) in [5.41, 5.74) is 3.12. The summed E-state index contributed by atoms with van der Waals surface area (Å²) >= 11 is 0. The molecule has 1 fully saturated rings. The molecule has 17 heavy (non-hydrogen) atoms. The highest BCUT2D eigenvalue weighted by molar-refractivity contribution is 5.91. The molecule has 2 unspecified atom stereocenters. The number of hydrogen-bond acceptors (Lipinski definition) is 1. The van der Waals surface area contributed by atoms with Gasteiger partial charge in [0.05, 0.1) is 0 Å². The number of allylic oxidation sites excluding steroid dienone is 4. The first-order chi connectivity index (χ1) is 8.08. The molecule has 1 heteroatoms. The molecule has 1 nitrogen and oxygen atoms in total. The fourth-order valence-electron chi connectivity index (χ4n) is 3.26. The predicted molar refractivity (Wildman–Crippen MR) is 71.8 cm³/mol. The monoisotopic (exact) mass is 232 g/mol. The normalized spacial score (nSPS) is 34.5. The maximum absolute atomic E-state index is 11.3. The van der Waals surface area contributed by atoms with E-state index in [4.69, 9.17) is 0 Å². The van der Waals surface area contributed by atoms with Crippen molar-refractivity contribution in [1.82, 2.24) is 0 Å². The van der Waals surface area contributed by atoms with Crippen molar-refractivity contribution in [1.29, 1.82) is 0 Å². The Labute approximate surface area is 105 Å². The number of carbonyl (C=O) groups excluding carboxylic acids is 1. The zero-order valence-electron chi connectivity index (χ0n) is 11.3. The van der Waals surface area contributed by atoms with Crippen LogP contribution >= 0.6 is 0 Å². The van der Waals surface area contributed by atoms with E-state index < -0.39 is 0 Å². The lowest BCUT2D eigenvalue weighted by Gasteiger charge is -2.34. The molecule has 0 heterocycles. The van der Waals surface area contributed by atoms with E-state index >= 15 is 0 Å².